The Morgan fingerprint density at radius 2 is 1.87 bits per heavy atom. The number of ether oxygens (including phenoxy) is 3. The van der Waals surface area contributed by atoms with Gasteiger partial charge >= 0.3 is 5.97 Å². The molecule has 2 aromatic rings. The number of fused-ring (bicyclic) bond motifs is 1. The third kappa shape index (κ3) is 4.97. The molecule has 1 amide bonds. The molecule has 3 aliphatic heterocycles. The van der Waals surface area contributed by atoms with Crippen molar-refractivity contribution in [2.45, 2.75) is 51.4 Å². The summed E-state index contributed by atoms with van der Waals surface area (Å²) in [7, 11) is 1.37. The number of carbonyl (C=O) groups excluding carboxylic acids is 2. The molecule has 4 atom stereocenters. The van der Waals surface area contributed by atoms with E-state index in [-0.39, 0.29) is 29.0 Å². The monoisotopic (exact) mass is 524 g/mol. The second kappa shape index (κ2) is 10.8. The van der Waals surface area contributed by atoms with Crippen LogP contribution >= 0.6 is 0 Å². The van der Waals surface area contributed by atoms with Gasteiger partial charge in [0.1, 0.15) is 5.82 Å². The fourth-order valence-electron chi connectivity index (χ4n) is 6.28. The number of hydrogen-bond donors (Lipinski definition) is 0. The molecule has 38 heavy (non-hydrogen) atoms. The van der Waals surface area contributed by atoms with E-state index < -0.39 is 23.7 Å². The zero-order valence-electron chi connectivity index (χ0n) is 22.6. The number of morpholine rings is 1. The molecular formula is C30H37FN2O5. The Morgan fingerprint density at radius 1 is 1.11 bits per heavy atom. The van der Waals surface area contributed by atoms with Gasteiger partial charge in [-0.15, -0.1) is 0 Å². The van der Waals surface area contributed by atoms with Crippen molar-refractivity contribution in [1.29, 1.82) is 0 Å². The summed E-state index contributed by atoms with van der Waals surface area (Å²) >= 11 is 0. The van der Waals surface area contributed by atoms with Crippen molar-refractivity contribution in [1.82, 2.24) is 9.80 Å². The standard InChI is InChI=1S/C30H37FN2O5/c1-19-6-5-7-24(31)26(19)28(34)33-25-17-38-16-22(25)14-23(29(35)36-4)27(33)21-10-8-20(9-11-21)15-32-12-13-37-18-30(32,2)3/h5-11,22-23,25,27H,12-18H2,1-4H3/t22?,23-,25?,27-/m1/s1. The maximum atomic E-state index is 15.0. The molecule has 0 spiro atoms. The Labute approximate surface area is 223 Å². The maximum Gasteiger partial charge on any atom is 0.311 e. The minimum absolute atomic E-state index is 0.0193. The molecule has 5 rings (SSSR count). The number of halogens is 1. The molecular weight excluding hydrogens is 487 g/mol. The van der Waals surface area contributed by atoms with E-state index in [1.165, 1.54) is 13.2 Å². The van der Waals surface area contributed by atoms with Crippen molar-refractivity contribution >= 4 is 11.9 Å². The Hall–Kier alpha value is -2.81. The molecule has 3 heterocycles. The first-order chi connectivity index (χ1) is 18.2. The lowest BCUT2D eigenvalue weighted by atomic mass is 9.76. The highest BCUT2D eigenvalue weighted by Crippen LogP contribution is 2.45. The molecule has 3 saturated heterocycles. The average Bonchev–Trinajstić information content (AvgIpc) is 3.37. The minimum Gasteiger partial charge on any atom is -0.469 e. The number of hydrogen-bond acceptors (Lipinski definition) is 6. The molecule has 3 aliphatic rings. The number of nitrogens with zero attached hydrogens (tertiary/aromatic N) is 2. The fourth-order valence-corrected chi connectivity index (χ4v) is 6.28. The van der Waals surface area contributed by atoms with Crippen LogP contribution in [-0.2, 0) is 25.5 Å². The van der Waals surface area contributed by atoms with Crippen LogP contribution in [0.5, 0.6) is 0 Å². The average molecular weight is 525 g/mol. The maximum absolute atomic E-state index is 15.0. The predicted molar refractivity (Wildman–Crippen MR) is 140 cm³/mol. The molecule has 0 aromatic heterocycles. The molecule has 0 saturated carbocycles. The van der Waals surface area contributed by atoms with Crippen molar-refractivity contribution in [2.24, 2.45) is 11.8 Å². The summed E-state index contributed by atoms with van der Waals surface area (Å²) in [6.07, 6.45) is 0.547. The van der Waals surface area contributed by atoms with Crippen molar-refractivity contribution in [2.75, 3.05) is 40.1 Å². The Bertz CT molecular complexity index is 1160. The minimum atomic E-state index is -0.592. The van der Waals surface area contributed by atoms with Gasteiger partial charge in [-0.05, 0) is 49.9 Å². The van der Waals surface area contributed by atoms with Crippen molar-refractivity contribution < 1.29 is 28.2 Å². The summed E-state index contributed by atoms with van der Waals surface area (Å²) in [5, 5.41) is 0. The van der Waals surface area contributed by atoms with Crippen LogP contribution in [0, 0.1) is 24.6 Å². The van der Waals surface area contributed by atoms with Crippen LogP contribution in [0.2, 0.25) is 0 Å². The zero-order valence-corrected chi connectivity index (χ0v) is 22.6. The number of esters is 1. The van der Waals surface area contributed by atoms with Crippen LogP contribution in [0.15, 0.2) is 42.5 Å². The predicted octanol–water partition coefficient (Wildman–Crippen LogP) is 4.14. The molecule has 0 bridgehead atoms. The van der Waals surface area contributed by atoms with Gasteiger partial charge in [0.25, 0.3) is 5.91 Å². The number of amides is 1. The lowest BCUT2D eigenvalue weighted by Gasteiger charge is -2.46. The fraction of sp³-hybridized carbons (Fsp3) is 0.533. The number of methoxy groups -OCH3 is 1. The summed E-state index contributed by atoms with van der Waals surface area (Å²) in [5.74, 6) is -1.95. The lowest BCUT2D eigenvalue weighted by Crippen LogP contribution is -2.55. The van der Waals surface area contributed by atoms with Crippen LogP contribution in [0.4, 0.5) is 4.39 Å². The van der Waals surface area contributed by atoms with Gasteiger partial charge in [-0.25, -0.2) is 4.39 Å². The number of piperidine rings is 1. The van der Waals surface area contributed by atoms with Gasteiger partial charge in [-0.3, -0.25) is 14.5 Å². The summed E-state index contributed by atoms with van der Waals surface area (Å²) in [6.45, 7) is 9.93. The topological polar surface area (TPSA) is 68.3 Å². The summed E-state index contributed by atoms with van der Waals surface area (Å²) in [5.41, 5.74) is 2.51. The Morgan fingerprint density at radius 3 is 2.55 bits per heavy atom. The van der Waals surface area contributed by atoms with E-state index in [9.17, 15) is 9.59 Å². The van der Waals surface area contributed by atoms with E-state index >= 15 is 4.39 Å². The van der Waals surface area contributed by atoms with Gasteiger partial charge in [0, 0.05) is 24.5 Å². The highest BCUT2D eigenvalue weighted by Gasteiger charge is 2.51. The van der Waals surface area contributed by atoms with E-state index in [0.717, 1.165) is 24.2 Å². The summed E-state index contributed by atoms with van der Waals surface area (Å²) < 4.78 is 31.7. The Kier molecular flexibility index (Phi) is 7.58. The number of aryl methyl sites for hydroxylation is 1. The van der Waals surface area contributed by atoms with Gasteiger partial charge in [-0.2, -0.15) is 0 Å². The number of benzene rings is 2. The quantitative estimate of drug-likeness (QED) is 0.548. The molecule has 0 aliphatic carbocycles. The van der Waals surface area contributed by atoms with Gasteiger partial charge in [0.2, 0.25) is 0 Å². The van der Waals surface area contributed by atoms with Crippen LogP contribution < -0.4 is 0 Å². The van der Waals surface area contributed by atoms with Crippen LogP contribution in [0.3, 0.4) is 0 Å². The van der Waals surface area contributed by atoms with Crippen molar-refractivity contribution in [3.05, 3.63) is 70.5 Å². The molecule has 204 valence electrons. The van der Waals surface area contributed by atoms with E-state index in [1.54, 1.807) is 24.0 Å². The van der Waals surface area contributed by atoms with Crippen molar-refractivity contribution in [3.8, 4) is 0 Å². The molecule has 0 radical (unpaired) electrons. The molecule has 8 heteroatoms. The smallest absolute Gasteiger partial charge is 0.311 e. The highest BCUT2D eigenvalue weighted by molar-refractivity contribution is 5.97. The molecule has 7 nitrogen and oxygen atoms in total. The first-order valence-electron chi connectivity index (χ1n) is 13.4. The molecule has 2 unspecified atom stereocenters. The first-order valence-corrected chi connectivity index (χ1v) is 13.4. The van der Waals surface area contributed by atoms with E-state index in [1.807, 2.05) is 12.1 Å². The second-order valence-corrected chi connectivity index (χ2v) is 11.3. The number of likely N-dealkylation sites (tertiary alicyclic amines) is 1. The number of carbonyl (C=O) groups is 2. The summed E-state index contributed by atoms with van der Waals surface area (Å²) in [4.78, 5) is 31.3. The van der Waals surface area contributed by atoms with E-state index in [4.69, 9.17) is 14.2 Å². The van der Waals surface area contributed by atoms with E-state index in [2.05, 4.69) is 30.9 Å². The third-order valence-electron chi connectivity index (χ3n) is 8.45. The molecule has 2 aromatic carbocycles. The highest BCUT2D eigenvalue weighted by atomic mass is 19.1. The van der Waals surface area contributed by atoms with Crippen LogP contribution in [-0.4, -0.2) is 73.3 Å². The van der Waals surface area contributed by atoms with Crippen molar-refractivity contribution in [3.63, 3.8) is 0 Å². The van der Waals surface area contributed by atoms with Crippen LogP contribution in [0.1, 0.15) is 53.4 Å². The number of rotatable bonds is 5. The largest absolute Gasteiger partial charge is 0.469 e. The third-order valence-corrected chi connectivity index (χ3v) is 8.45. The molecule has 0 N–H and O–H groups in total. The van der Waals surface area contributed by atoms with Crippen LogP contribution in [0.25, 0.3) is 0 Å². The molecule has 3 fully saturated rings. The summed E-state index contributed by atoms with van der Waals surface area (Å²) in [6, 6.07) is 11.9. The second-order valence-electron chi connectivity index (χ2n) is 11.3. The SMILES string of the molecule is COC(=O)[C@@H]1CC2COCC2N(C(=O)c2c(C)cccc2F)[C@@H]1c1ccc(CN2CCOCC2(C)C)cc1. The van der Waals surface area contributed by atoms with E-state index in [0.29, 0.717) is 38.4 Å². The Balaban J connectivity index is 1.52. The van der Waals surface area contributed by atoms with Gasteiger partial charge < -0.3 is 19.1 Å². The van der Waals surface area contributed by atoms with Gasteiger partial charge in [0.05, 0.1) is 57.1 Å². The first kappa shape index (κ1) is 26.8. The van der Waals surface area contributed by atoms with Gasteiger partial charge in [-0.1, -0.05) is 36.4 Å². The normalized spacial score (nSPS) is 27.1. The van der Waals surface area contributed by atoms with Gasteiger partial charge in [0.15, 0.2) is 0 Å². The zero-order chi connectivity index (χ0) is 27.0. The lowest BCUT2D eigenvalue weighted by molar-refractivity contribution is -0.151.